The first kappa shape index (κ1) is 12.8. The highest BCUT2D eigenvalue weighted by Crippen LogP contribution is 2.16. The van der Waals surface area contributed by atoms with Gasteiger partial charge in [-0.25, -0.2) is 4.98 Å². The van der Waals surface area contributed by atoms with E-state index in [1.165, 1.54) is 12.4 Å². The first-order valence-corrected chi connectivity index (χ1v) is 5.62. The van der Waals surface area contributed by atoms with Crippen molar-refractivity contribution in [1.82, 2.24) is 9.97 Å². The van der Waals surface area contributed by atoms with Gasteiger partial charge in [0.25, 0.3) is 0 Å². The minimum absolute atomic E-state index is 0.0317. The lowest BCUT2D eigenvalue weighted by atomic mass is 9.92. The summed E-state index contributed by atoms with van der Waals surface area (Å²) in [5, 5.41) is 0. The first-order chi connectivity index (χ1) is 7.63. The largest absolute Gasteiger partial charge is 0.330 e. The van der Waals surface area contributed by atoms with E-state index >= 15 is 0 Å². The molecule has 0 bridgehead atoms. The monoisotopic (exact) mass is 221 g/mol. The smallest absolute Gasteiger partial charge is 0.183 e. The van der Waals surface area contributed by atoms with Gasteiger partial charge < -0.3 is 5.73 Å². The minimum atomic E-state index is 0.0317. The molecule has 0 radical (unpaired) electrons. The number of rotatable bonds is 6. The Morgan fingerprint density at radius 3 is 2.69 bits per heavy atom. The summed E-state index contributed by atoms with van der Waals surface area (Å²) in [4.78, 5) is 19.7. The van der Waals surface area contributed by atoms with Crippen molar-refractivity contribution >= 4 is 5.78 Å². The van der Waals surface area contributed by atoms with E-state index in [0.29, 0.717) is 24.6 Å². The molecular weight excluding hydrogens is 202 g/mol. The summed E-state index contributed by atoms with van der Waals surface area (Å²) in [6.07, 6.45) is 6.04. The maximum Gasteiger partial charge on any atom is 0.183 e. The van der Waals surface area contributed by atoms with Gasteiger partial charge in [0, 0.05) is 18.8 Å². The fraction of sp³-hybridized carbons (Fsp3) is 0.583. The van der Waals surface area contributed by atoms with E-state index in [1.807, 2.05) is 0 Å². The molecule has 0 aliphatic carbocycles. The van der Waals surface area contributed by atoms with Crippen LogP contribution in [0, 0.1) is 11.8 Å². The molecule has 1 unspecified atom stereocenters. The summed E-state index contributed by atoms with van der Waals surface area (Å²) in [7, 11) is 0. The van der Waals surface area contributed by atoms with Crippen molar-refractivity contribution in [3.63, 3.8) is 0 Å². The quantitative estimate of drug-likeness (QED) is 0.742. The molecule has 1 heterocycles. The SMILES string of the molecule is CC(C)CC(CN)CC(=O)c1cnccn1. The van der Waals surface area contributed by atoms with E-state index in [9.17, 15) is 4.79 Å². The number of nitrogens with zero attached hydrogens (tertiary/aromatic N) is 2. The van der Waals surface area contributed by atoms with Gasteiger partial charge in [0.15, 0.2) is 5.78 Å². The predicted molar refractivity (Wildman–Crippen MR) is 63.0 cm³/mol. The second-order valence-corrected chi connectivity index (χ2v) is 4.45. The van der Waals surface area contributed by atoms with E-state index in [4.69, 9.17) is 5.73 Å². The molecule has 0 spiro atoms. The van der Waals surface area contributed by atoms with Crippen molar-refractivity contribution in [1.29, 1.82) is 0 Å². The van der Waals surface area contributed by atoms with Gasteiger partial charge in [-0.1, -0.05) is 13.8 Å². The Labute approximate surface area is 96.3 Å². The highest BCUT2D eigenvalue weighted by molar-refractivity contribution is 5.94. The molecule has 1 aromatic rings. The van der Waals surface area contributed by atoms with Crippen LogP contribution in [0.4, 0.5) is 0 Å². The molecule has 1 rings (SSSR count). The predicted octanol–water partition coefficient (Wildman–Crippen LogP) is 1.67. The first-order valence-electron chi connectivity index (χ1n) is 5.62. The van der Waals surface area contributed by atoms with Gasteiger partial charge in [-0.15, -0.1) is 0 Å². The van der Waals surface area contributed by atoms with Gasteiger partial charge >= 0.3 is 0 Å². The van der Waals surface area contributed by atoms with Crippen LogP contribution < -0.4 is 5.73 Å². The number of aromatic nitrogens is 2. The fourth-order valence-corrected chi connectivity index (χ4v) is 1.74. The lowest BCUT2D eigenvalue weighted by molar-refractivity contribution is 0.0952. The lowest BCUT2D eigenvalue weighted by Gasteiger charge is -2.15. The average Bonchev–Trinajstić information content (AvgIpc) is 2.28. The summed E-state index contributed by atoms with van der Waals surface area (Å²) in [6, 6.07) is 0. The van der Waals surface area contributed by atoms with E-state index < -0.39 is 0 Å². The zero-order chi connectivity index (χ0) is 12.0. The van der Waals surface area contributed by atoms with Crippen molar-refractivity contribution in [3.05, 3.63) is 24.3 Å². The molecule has 16 heavy (non-hydrogen) atoms. The lowest BCUT2D eigenvalue weighted by Crippen LogP contribution is -2.20. The van der Waals surface area contributed by atoms with Crippen LogP contribution >= 0.6 is 0 Å². The van der Waals surface area contributed by atoms with E-state index in [0.717, 1.165) is 6.42 Å². The van der Waals surface area contributed by atoms with Crippen LogP contribution in [0.5, 0.6) is 0 Å². The summed E-state index contributed by atoms with van der Waals surface area (Å²) in [5.74, 6) is 0.835. The fourth-order valence-electron chi connectivity index (χ4n) is 1.74. The third kappa shape index (κ3) is 4.06. The third-order valence-corrected chi connectivity index (χ3v) is 2.46. The molecule has 0 amide bonds. The minimum Gasteiger partial charge on any atom is -0.330 e. The highest BCUT2D eigenvalue weighted by atomic mass is 16.1. The van der Waals surface area contributed by atoms with Gasteiger partial charge in [-0.3, -0.25) is 9.78 Å². The van der Waals surface area contributed by atoms with Crippen molar-refractivity contribution in [2.75, 3.05) is 6.54 Å². The maximum atomic E-state index is 11.8. The highest BCUT2D eigenvalue weighted by Gasteiger charge is 2.16. The Bertz CT molecular complexity index is 324. The number of carbonyl (C=O) groups excluding carboxylic acids is 1. The van der Waals surface area contributed by atoms with Crippen LogP contribution in [0.25, 0.3) is 0 Å². The van der Waals surface area contributed by atoms with Crippen LogP contribution in [0.15, 0.2) is 18.6 Å². The van der Waals surface area contributed by atoms with E-state index in [-0.39, 0.29) is 11.7 Å². The standard InChI is InChI=1S/C12H19N3O/c1-9(2)5-10(7-13)6-12(16)11-8-14-3-4-15-11/h3-4,8-10H,5-7,13H2,1-2H3. The van der Waals surface area contributed by atoms with Crippen molar-refractivity contribution in [2.45, 2.75) is 26.7 Å². The molecule has 0 aromatic carbocycles. The Hall–Kier alpha value is -1.29. The Morgan fingerprint density at radius 2 is 2.19 bits per heavy atom. The molecule has 1 atom stereocenters. The molecule has 0 aliphatic heterocycles. The van der Waals surface area contributed by atoms with Crippen molar-refractivity contribution in [2.24, 2.45) is 17.6 Å². The Balaban J connectivity index is 2.56. The molecule has 88 valence electrons. The van der Waals surface area contributed by atoms with Crippen molar-refractivity contribution in [3.8, 4) is 0 Å². The number of hydrogen-bond donors (Lipinski definition) is 1. The number of nitrogens with two attached hydrogens (primary N) is 1. The molecule has 2 N–H and O–H groups in total. The number of ketones is 1. The van der Waals surface area contributed by atoms with Gasteiger partial charge in [0.2, 0.25) is 0 Å². The Morgan fingerprint density at radius 1 is 1.44 bits per heavy atom. The molecule has 4 nitrogen and oxygen atoms in total. The normalized spacial score (nSPS) is 12.8. The zero-order valence-corrected chi connectivity index (χ0v) is 9.89. The summed E-state index contributed by atoms with van der Waals surface area (Å²) < 4.78 is 0. The molecule has 1 aromatic heterocycles. The summed E-state index contributed by atoms with van der Waals surface area (Å²) >= 11 is 0. The third-order valence-electron chi connectivity index (χ3n) is 2.46. The maximum absolute atomic E-state index is 11.8. The van der Waals surface area contributed by atoms with Crippen LogP contribution in [-0.2, 0) is 0 Å². The average molecular weight is 221 g/mol. The zero-order valence-electron chi connectivity index (χ0n) is 9.89. The van der Waals surface area contributed by atoms with E-state index in [2.05, 4.69) is 23.8 Å². The van der Waals surface area contributed by atoms with Gasteiger partial charge in [-0.2, -0.15) is 0 Å². The van der Waals surface area contributed by atoms with Crippen LogP contribution in [0.2, 0.25) is 0 Å². The van der Waals surface area contributed by atoms with Gasteiger partial charge in [0.05, 0.1) is 6.20 Å². The second kappa shape index (κ2) is 6.33. The number of carbonyl (C=O) groups is 1. The molecule has 0 aliphatic rings. The van der Waals surface area contributed by atoms with Crippen LogP contribution in [-0.4, -0.2) is 22.3 Å². The topological polar surface area (TPSA) is 68.9 Å². The van der Waals surface area contributed by atoms with Crippen LogP contribution in [0.3, 0.4) is 0 Å². The molecule has 0 fully saturated rings. The summed E-state index contributed by atoms with van der Waals surface area (Å²) in [6.45, 7) is 4.81. The number of hydrogen-bond acceptors (Lipinski definition) is 4. The van der Waals surface area contributed by atoms with Gasteiger partial charge in [-0.05, 0) is 24.8 Å². The number of Topliss-reactive ketones (excluding diaryl/α,β-unsaturated/α-hetero) is 1. The van der Waals surface area contributed by atoms with E-state index in [1.54, 1.807) is 6.20 Å². The van der Waals surface area contributed by atoms with Crippen LogP contribution in [0.1, 0.15) is 37.2 Å². The second-order valence-electron chi connectivity index (χ2n) is 4.45. The molecular formula is C12H19N3O. The summed E-state index contributed by atoms with van der Waals surface area (Å²) in [5.41, 5.74) is 6.09. The molecule has 0 saturated heterocycles. The van der Waals surface area contributed by atoms with Gasteiger partial charge in [0.1, 0.15) is 5.69 Å². The molecule has 0 saturated carbocycles. The van der Waals surface area contributed by atoms with Crippen molar-refractivity contribution < 1.29 is 4.79 Å². The molecule has 4 heteroatoms. The Kier molecular flexibility index (Phi) is 5.05.